The predicted octanol–water partition coefficient (Wildman–Crippen LogP) is -2.58. The van der Waals surface area contributed by atoms with Gasteiger partial charge in [0.2, 0.25) is 11.5 Å². The zero-order valence-corrected chi connectivity index (χ0v) is 8.99. The van der Waals surface area contributed by atoms with E-state index in [4.69, 9.17) is 14.6 Å². The van der Waals surface area contributed by atoms with Crippen molar-refractivity contribution in [2.75, 3.05) is 6.61 Å². The van der Waals surface area contributed by atoms with Crippen molar-refractivity contribution in [1.82, 2.24) is 5.32 Å². The van der Waals surface area contributed by atoms with Gasteiger partial charge < -0.3 is 30.1 Å². The molecule has 2 heterocycles. The normalized spacial score (nSPS) is 44.4. The molecule has 8 nitrogen and oxygen atoms in total. The molecule has 2 rings (SSSR count). The Morgan fingerprint density at radius 1 is 1.41 bits per heavy atom. The Hall–Kier alpha value is -1.22. The van der Waals surface area contributed by atoms with Crippen LogP contribution in [0.2, 0.25) is 0 Å². The quantitative estimate of drug-likeness (QED) is 0.422. The summed E-state index contributed by atoms with van der Waals surface area (Å²) in [6.07, 6.45) is -4.21. The molecule has 4 N–H and O–H groups in total. The number of carboxylic acid groups (broad SMARTS) is 1. The van der Waals surface area contributed by atoms with E-state index in [0.29, 0.717) is 0 Å². The zero-order chi connectivity index (χ0) is 12.8. The van der Waals surface area contributed by atoms with Crippen LogP contribution < -0.4 is 5.32 Å². The first kappa shape index (κ1) is 12.2. The third-order valence-corrected chi connectivity index (χ3v) is 2.98. The Bertz CT molecular complexity index is 357. The number of ether oxygens (including phenoxy) is 2. The van der Waals surface area contributed by atoms with E-state index in [0.717, 1.165) is 0 Å². The van der Waals surface area contributed by atoms with Crippen LogP contribution in [0.3, 0.4) is 0 Å². The lowest BCUT2D eigenvalue weighted by Gasteiger charge is -2.40. The minimum absolute atomic E-state index is 0.374. The number of nitrogens with one attached hydrogen (secondary N) is 1. The molecule has 2 bridgehead atoms. The smallest absolute Gasteiger partial charge is 0.341 e. The Balaban J connectivity index is 2.25. The minimum Gasteiger partial charge on any atom is -0.479 e. The van der Waals surface area contributed by atoms with Crippen LogP contribution in [0.25, 0.3) is 0 Å². The summed E-state index contributed by atoms with van der Waals surface area (Å²) in [5.74, 6) is -1.85. The molecule has 0 radical (unpaired) electrons. The molecule has 0 spiro atoms. The fraction of sp³-hybridized carbons (Fsp3) is 0.778. The molecule has 0 aromatic carbocycles. The van der Waals surface area contributed by atoms with Crippen molar-refractivity contribution in [3.05, 3.63) is 0 Å². The lowest BCUT2D eigenvalue weighted by Crippen LogP contribution is -2.67. The maximum atomic E-state index is 11.1. The van der Waals surface area contributed by atoms with E-state index in [-0.39, 0.29) is 6.61 Å². The van der Waals surface area contributed by atoms with E-state index in [1.807, 2.05) is 0 Å². The molecule has 17 heavy (non-hydrogen) atoms. The minimum atomic E-state index is -1.96. The molecule has 0 aromatic heterocycles. The highest BCUT2D eigenvalue weighted by Gasteiger charge is 2.63. The van der Waals surface area contributed by atoms with Gasteiger partial charge in [-0.25, -0.2) is 4.79 Å². The number of carbonyl (C=O) groups is 2. The van der Waals surface area contributed by atoms with Crippen molar-refractivity contribution < 1.29 is 34.4 Å². The average molecular weight is 247 g/mol. The summed E-state index contributed by atoms with van der Waals surface area (Å²) >= 11 is 0. The lowest BCUT2D eigenvalue weighted by atomic mass is 9.88. The number of amides is 1. The van der Waals surface area contributed by atoms with Crippen LogP contribution in [0.1, 0.15) is 6.92 Å². The van der Waals surface area contributed by atoms with Gasteiger partial charge in [-0.1, -0.05) is 0 Å². The molecule has 1 amide bonds. The van der Waals surface area contributed by atoms with Crippen LogP contribution in [0.15, 0.2) is 0 Å². The number of aliphatic hydroxyl groups is 2. The Morgan fingerprint density at radius 3 is 2.59 bits per heavy atom. The third-order valence-electron chi connectivity index (χ3n) is 2.98. The molecular weight excluding hydrogens is 234 g/mol. The summed E-state index contributed by atoms with van der Waals surface area (Å²) in [4.78, 5) is 22.0. The molecule has 2 aliphatic rings. The molecular formula is C9H13NO7. The maximum Gasteiger partial charge on any atom is 0.341 e. The second-order valence-corrected chi connectivity index (χ2v) is 4.15. The summed E-state index contributed by atoms with van der Waals surface area (Å²) in [5.41, 5.74) is -1.96. The van der Waals surface area contributed by atoms with Crippen molar-refractivity contribution >= 4 is 11.9 Å². The number of aliphatic hydroxyl groups excluding tert-OH is 2. The van der Waals surface area contributed by atoms with Crippen LogP contribution in [0, 0.1) is 0 Å². The summed E-state index contributed by atoms with van der Waals surface area (Å²) in [5, 5.41) is 30.9. The fourth-order valence-electron chi connectivity index (χ4n) is 2.07. The van der Waals surface area contributed by atoms with Gasteiger partial charge in [-0.3, -0.25) is 4.79 Å². The maximum absolute atomic E-state index is 11.1. The van der Waals surface area contributed by atoms with Crippen LogP contribution in [0.4, 0.5) is 0 Å². The summed E-state index contributed by atoms with van der Waals surface area (Å²) in [7, 11) is 0. The number of rotatable bonds is 2. The van der Waals surface area contributed by atoms with Crippen LogP contribution in [-0.2, 0) is 19.1 Å². The summed E-state index contributed by atoms with van der Waals surface area (Å²) in [6, 6.07) is -0.988. The molecule has 2 aliphatic heterocycles. The topological polar surface area (TPSA) is 125 Å². The molecule has 5 atom stereocenters. The lowest BCUT2D eigenvalue weighted by molar-refractivity contribution is -0.231. The van der Waals surface area contributed by atoms with Gasteiger partial charge in [-0.05, 0) is 0 Å². The van der Waals surface area contributed by atoms with Gasteiger partial charge in [0.25, 0.3) is 0 Å². The number of carbonyl (C=O) groups excluding carboxylic acids is 1. The van der Waals surface area contributed by atoms with Gasteiger partial charge in [-0.15, -0.1) is 0 Å². The molecule has 0 aliphatic carbocycles. The summed E-state index contributed by atoms with van der Waals surface area (Å²) < 4.78 is 10.2. The van der Waals surface area contributed by atoms with Crippen molar-refractivity contribution in [2.24, 2.45) is 0 Å². The summed E-state index contributed by atoms with van der Waals surface area (Å²) in [6.45, 7) is 0.856. The molecule has 2 fully saturated rings. The van der Waals surface area contributed by atoms with Gasteiger partial charge in [0, 0.05) is 6.92 Å². The second kappa shape index (κ2) is 3.91. The Kier molecular flexibility index (Phi) is 2.82. The van der Waals surface area contributed by atoms with E-state index in [2.05, 4.69) is 5.32 Å². The highest BCUT2D eigenvalue weighted by molar-refractivity contribution is 5.79. The third kappa shape index (κ3) is 1.69. The molecule has 0 saturated carbocycles. The molecule has 96 valence electrons. The molecule has 0 unspecified atom stereocenters. The van der Waals surface area contributed by atoms with Crippen molar-refractivity contribution in [3.63, 3.8) is 0 Å². The van der Waals surface area contributed by atoms with E-state index in [1.54, 1.807) is 0 Å². The highest BCUT2D eigenvalue weighted by Crippen LogP contribution is 2.37. The number of carboxylic acids is 1. The van der Waals surface area contributed by atoms with Crippen LogP contribution in [-0.4, -0.2) is 63.9 Å². The van der Waals surface area contributed by atoms with Gasteiger partial charge in [-0.2, -0.15) is 0 Å². The number of hydrogen-bond acceptors (Lipinski definition) is 6. The number of fused-ring (bicyclic) bond motifs is 2. The second-order valence-electron chi connectivity index (χ2n) is 4.15. The Morgan fingerprint density at radius 2 is 2.06 bits per heavy atom. The van der Waals surface area contributed by atoms with Gasteiger partial charge in [0.15, 0.2) is 6.29 Å². The first-order chi connectivity index (χ1) is 7.88. The van der Waals surface area contributed by atoms with Gasteiger partial charge in [0.05, 0.1) is 6.61 Å². The average Bonchev–Trinajstić information content (AvgIpc) is 2.65. The molecule has 0 aromatic rings. The van der Waals surface area contributed by atoms with E-state index >= 15 is 0 Å². The SMILES string of the molecule is CC(=O)N[C@H]1[C@H]2OC[C@](C(=O)O)(O2)[C@H](O)[C@@H]1O. The van der Waals surface area contributed by atoms with Crippen molar-refractivity contribution in [1.29, 1.82) is 0 Å². The molecule has 2 saturated heterocycles. The molecule has 8 heteroatoms. The van der Waals surface area contributed by atoms with Crippen LogP contribution in [0.5, 0.6) is 0 Å². The largest absolute Gasteiger partial charge is 0.479 e. The van der Waals surface area contributed by atoms with Gasteiger partial charge >= 0.3 is 5.97 Å². The van der Waals surface area contributed by atoms with E-state index in [1.165, 1.54) is 6.92 Å². The number of hydrogen-bond donors (Lipinski definition) is 4. The van der Waals surface area contributed by atoms with Crippen molar-refractivity contribution in [2.45, 2.75) is 37.1 Å². The number of aliphatic carboxylic acids is 1. The monoisotopic (exact) mass is 247 g/mol. The Labute approximate surface area is 96.1 Å². The zero-order valence-electron chi connectivity index (χ0n) is 8.99. The van der Waals surface area contributed by atoms with Gasteiger partial charge in [0.1, 0.15) is 18.2 Å². The van der Waals surface area contributed by atoms with E-state index < -0.39 is 42.0 Å². The predicted molar refractivity (Wildman–Crippen MR) is 50.8 cm³/mol. The highest BCUT2D eigenvalue weighted by atomic mass is 16.8. The first-order valence-electron chi connectivity index (χ1n) is 5.04. The fourth-order valence-corrected chi connectivity index (χ4v) is 2.07. The standard InChI is InChI=1S/C9H13NO7/c1-3(11)10-4-5(12)6(13)9(8(14)15)2-16-7(4)17-9/h4-7,12-13H,2H2,1H3,(H,10,11)(H,14,15)/t4-,5-,6-,7+,9+/m1/s1. The van der Waals surface area contributed by atoms with Crippen molar-refractivity contribution in [3.8, 4) is 0 Å². The van der Waals surface area contributed by atoms with Crippen LogP contribution >= 0.6 is 0 Å². The first-order valence-corrected chi connectivity index (χ1v) is 5.04. The van der Waals surface area contributed by atoms with E-state index in [9.17, 15) is 19.8 Å².